The van der Waals surface area contributed by atoms with Crippen LogP contribution in [0.3, 0.4) is 0 Å². The summed E-state index contributed by atoms with van der Waals surface area (Å²) in [5.41, 5.74) is 8.07. The quantitative estimate of drug-likeness (QED) is 0.849. The highest BCUT2D eigenvalue weighted by Crippen LogP contribution is 2.21. The second kappa shape index (κ2) is 5.06. The summed E-state index contributed by atoms with van der Waals surface area (Å²) in [5.74, 6) is 1.79. The van der Waals surface area contributed by atoms with Gasteiger partial charge in [-0.2, -0.15) is 0 Å². The molecular weight excluding hydrogens is 212 g/mol. The van der Waals surface area contributed by atoms with Crippen LogP contribution < -0.4 is 11.1 Å². The summed E-state index contributed by atoms with van der Waals surface area (Å²) in [6, 6.07) is 12.2. The number of aryl methyl sites for hydroxylation is 2. The predicted octanol–water partition coefficient (Wildman–Crippen LogP) is 3.01. The fraction of sp³-hybridized carbons (Fsp3) is 0.286. The molecule has 2 rings (SSSR count). The summed E-state index contributed by atoms with van der Waals surface area (Å²) in [4.78, 5) is 0. The predicted molar refractivity (Wildman–Crippen MR) is 70.0 cm³/mol. The van der Waals surface area contributed by atoms with Gasteiger partial charge in [0.25, 0.3) is 0 Å². The maximum absolute atomic E-state index is 5.78. The molecule has 17 heavy (non-hydrogen) atoms. The van der Waals surface area contributed by atoms with Crippen LogP contribution in [0.5, 0.6) is 0 Å². The molecule has 0 radical (unpaired) electrons. The van der Waals surface area contributed by atoms with Gasteiger partial charge < -0.3 is 15.5 Å². The molecular formula is C14H18N2O. The van der Waals surface area contributed by atoms with Crippen molar-refractivity contribution in [2.24, 2.45) is 5.73 Å². The second-order valence-corrected chi connectivity index (χ2v) is 4.25. The van der Waals surface area contributed by atoms with Crippen LogP contribution in [0.15, 0.2) is 40.8 Å². The van der Waals surface area contributed by atoms with Gasteiger partial charge in [0.05, 0.1) is 6.04 Å². The molecule has 0 saturated carbocycles. The van der Waals surface area contributed by atoms with Gasteiger partial charge in [0.15, 0.2) is 0 Å². The Bertz CT molecular complexity index is 490. The lowest BCUT2D eigenvalue weighted by Crippen LogP contribution is -2.20. The molecule has 2 aromatic rings. The summed E-state index contributed by atoms with van der Waals surface area (Å²) >= 11 is 0. The molecule has 1 unspecified atom stereocenters. The van der Waals surface area contributed by atoms with Crippen molar-refractivity contribution in [3.63, 3.8) is 0 Å². The number of furan rings is 1. The number of anilines is 1. The van der Waals surface area contributed by atoms with Crippen LogP contribution >= 0.6 is 0 Å². The zero-order valence-corrected chi connectivity index (χ0v) is 10.2. The number of nitrogens with one attached hydrogen (secondary N) is 1. The van der Waals surface area contributed by atoms with Crippen molar-refractivity contribution in [3.05, 3.63) is 53.5 Å². The summed E-state index contributed by atoms with van der Waals surface area (Å²) in [5, 5.41) is 3.38. The molecule has 1 aromatic heterocycles. The van der Waals surface area contributed by atoms with Gasteiger partial charge in [-0.3, -0.25) is 0 Å². The molecule has 0 saturated heterocycles. The van der Waals surface area contributed by atoms with Gasteiger partial charge in [-0.1, -0.05) is 12.1 Å². The van der Waals surface area contributed by atoms with Crippen molar-refractivity contribution in [2.75, 3.05) is 11.9 Å². The van der Waals surface area contributed by atoms with E-state index < -0.39 is 0 Å². The van der Waals surface area contributed by atoms with Gasteiger partial charge >= 0.3 is 0 Å². The van der Waals surface area contributed by atoms with E-state index in [1.807, 2.05) is 31.2 Å². The molecule has 3 nitrogen and oxygen atoms in total. The fourth-order valence-corrected chi connectivity index (χ4v) is 1.82. The SMILES string of the molecule is Cc1cccc(NC(CN)c2ccc(C)o2)c1. The van der Waals surface area contributed by atoms with Crippen molar-refractivity contribution in [2.45, 2.75) is 19.9 Å². The van der Waals surface area contributed by atoms with Crippen LogP contribution in [0.4, 0.5) is 5.69 Å². The normalized spacial score (nSPS) is 12.4. The standard InChI is InChI=1S/C14H18N2O/c1-10-4-3-5-12(8-10)16-13(9-15)14-7-6-11(2)17-14/h3-8,13,16H,9,15H2,1-2H3. The summed E-state index contributed by atoms with van der Waals surface area (Å²) in [6.45, 7) is 4.50. The first-order chi connectivity index (χ1) is 8.19. The lowest BCUT2D eigenvalue weighted by atomic mass is 10.2. The van der Waals surface area contributed by atoms with Crippen LogP contribution in [0.2, 0.25) is 0 Å². The topological polar surface area (TPSA) is 51.2 Å². The van der Waals surface area contributed by atoms with E-state index >= 15 is 0 Å². The third-order valence-electron chi connectivity index (χ3n) is 2.70. The fourth-order valence-electron chi connectivity index (χ4n) is 1.82. The van der Waals surface area contributed by atoms with Crippen molar-refractivity contribution < 1.29 is 4.42 Å². The first-order valence-electron chi connectivity index (χ1n) is 5.78. The Balaban J connectivity index is 2.15. The molecule has 0 aliphatic heterocycles. The monoisotopic (exact) mass is 230 g/mol. The van der Waals surface area contributed by atoms with Crippen molar-refractivity contribution in [1.82, 2.24) is 0 Å². The molecule has 0 aliphatic carbocycles. The minimum absolute atomic E-state index is 0.0190. The largest absolute Gasteiger partial charge is 0.464 e. The minimum Gasteiger partial charge on any atom is -0.464 e. The van der Waals surface area contributed by atoms with E-state index in [9.17, 15) is 0 Å². The summed E-state index contributed by atoms with van der Waals surface area (Å²) in [6.07, 6.45) is 0. The molecule has 0 fully saturated rings. The number of rotatable bonds is 4. The Morgan fingerprint density at radius 1 is 1.24 bits per heavy atom. The molecule has 0 aliphatic rings. The second-order valence-electron chi connectivity index (χ2n) is 4.25. The van der Waals surface area contributed by atoms with Crippen LogP contribution in [0, 0.1) is 13.8 Å². The van der Waals surface area contributed by atoms with Crippen molar-refractivity contribution in [3.8, 4) is 0 Å². The molecule has 0 amide bonds. The molecule has 3 heteroatoms. The molecule has 1 heterocycles. The van der Waals surface area contributed by atoms with E-state index in [4.69, 9.17) is 10.2 Å². The third kappa shape index (κ3) is 2.88. The van der Waals surface area contributed by atoms with Crippen LogP contribution in [0.25, 0.3) is 0 Å². The van der Waals surface area contributed by atoms with Gasteiger partial charge in [-0.05, 0) is 43.7 Å². The number of hydrogen-bond donors (Lipinski definition) is 2. The van der Waals surface area contributed by atoms with Crippen molar-refractivity contribution >= 4 is 5.69 Å². The Morgan fingerprint density at radius 3 is 2.65 bits per heavy atom. The molecule has 0 spiro atoms. The highest BCUT2D eigenvalue weighted by atomic mass is 16.3. The Morgan fingerprint density at radius 2 is 2.06 bits per heavy atom. The number of benzene rings is 1. The molecule has 0 bridgehead atoms. The Hall–Kier alpha value is -1.74. The Kier molecular flexibility index (Phi) is 3.49. The lowest BCUT2D eigenvalue weighted by molar-refractivity contribution is 0.459. The van der Waals surface area contributed by atoms with Gasteiger partial charge in [-0.15, -0.1) is 0 Å². The number of nitrogens with two attached hydrogens (primary N) is 1. The highest BCUT2D eigenvalue weighted by molar-refractivity contribution is 5.47. The van der Waals surface area contributed by atoms with Gasteiger partial charge in [0, 0.05) is 12.2 Å². The van der Waals surface area contributed by atoms with E-state index in [1.165, 1.54) is 5.56 Å². The van der Waals surface area contributed by atoms with Gasteiger partial charge in [-0.25, -0.2) is 0 Å². The van der Waals surface area contributed by atoms with E-state index in [0.717, 1.165) is 17.2 Å². The maximum atomic E-state index is 5.78. The van der Waals surface area contributed by atoms with Crippen LogP contribution in [-0.2, 0) is 0 Å². The summed E-state index contributed by atoms with van der Waals surface area (Å²) < 4.78 is 5.60. The average Bonchev–Trinajstić information content (AvgIpc) is 2.73. The zero-order valence-electron chi connectivity index (χ0n) is 10.2. The van der Waals surface area contributed by atoms with E-state index in [-0.39, 0.29) is 6.04 Å². The average molecular weight is 230 g/mol. The Labute approximate surface area is 102 Å². The van der Waals surface area contributed by atoms with Crippen LogP contribution in [-0.4, -0.2) is 6.54 Å². The van der Waals surface area contributed by atoms with Gasteiger partial charge in [0.2, 0.25) is 0 Å². The summed E-state index contributed by atoms with van der Waals surface area (Å²) in [7, 11) is 0. The molecule has 1 aromatic carbocycles. The highest BCUT2D eigenvalue weighted by Gasteiger charge is 2.12. The van der Waals surface area contributed by atoms with E-state index in [0.29, 0.717) is 6.54 Å². The van der Waals surface area contributed by atoms with E-state index in [2.05, 4.69) is 24.4 Å². The van der Waals surface area contributed by atoms with Gasteiger partial charge in [0.1, 0.15) is 11.5 Å². The maximum Gasteiger partial charge on any atom is 0.127 e. The molecule has 3 N–H and O–H groups in total. The lowest BCUT2D eigenvalue weighted by Gasteiger charge is -2.16. The first-order valence-corrected chi connectivity index (χ1v) is 5.78. The smallest absolute Gasteiger partial charge is 0.127 e. The minimum atomic E-state index is 0.0190. The van der Waals surface area contributed by atoms with E-state index in [1.54, 1.807) is 0 Å². The zero-order chi connectivity index (χ0) is 12.3. The van der Waals surface area contributed by atoms with Crippen molar-refractivity contribution in [1.29, 1.82) is 0 Å². The molecule has 1 atom stereocenters. The first kappa shape index (κ1) is 11.7. The third-order valence-corrected chi connectivity index (χ3v) is 2.70. The van der Waals surface area contributed by atoms with Crippen LogP contribution in [0.1, 0.15) is 23.1 Å². The number of hydrogen-bond acceptors (Lipinski definition) is 3. The molecule has 90 valence electrons.